The third kappa shape index (κ3) is 5.33. The van der Waals surface area contributed by atoms with Gasteiger partial charge >= 0.3 is 0 Å². The van der Waals surface area contributed by atoms with E-state index < -0.39 is 0 Å². The fourth-order valence-electron chi connectivity index (χ4n) is 2.04. The first kappa shape index (κ1) is 14.7. The average Bonchev–Trinajstić information content (AvgIpc) is 2.43. The van der Waals surface area contributed by atoms with E-state index in [-0.39, 0.29) is 5.92 Å². The molecule has 0 saturated heterocycles. The third-order valence-electron chi connectivity index (χ3n) is 3.19. The molecule has 0 bridgehead atoms. The van der Waals surface area contributed by atoms with Gasteiger partial charge in [-0.05, 0) is 18.9 Å². The van der Waals surface area contributed by atoms with E-state index in [1.54, 1.807) is 0 Å². The van der Waals surface area contributed by atoms with Crippen LogP contribution in [0.4, 0.5) is 0 Å². The summed E-state index contributed by atoms with van der Waals surface area (Å²) in [5, 5.41) is 12.4. The van der Waals surface area contributed by atoms with E-state index in [0.29, 0.717) is 6.04 Å². The summed E-state index contributed by atoms with van der Waals surface area (Å²) in [6.45, 7) is 4.95. The van der Waals surface area contributed by atoms with Gasteiger partial charge in [-0.3, -0.25) is 0 Å². The fraction of sp³-hybridized carbons (Fsp3) is 0.562. The predicted octanol–water partition coefficient (Wildman–Crippen LogP) is 4.06. The normalized spacial score (nSPS) is 13.8. The Hall–Kier alpha value is -1.33. The maximum atomic E-state index is 8.84. The topological polar surface area (TPSA) is 35.8 Å². The summed E-state index contributed by atoms with van der Waals surface area (Å²) in [6, 6.07) is 13.2. The first-order chi connectivity index (χ1) is 8.77. The van der Waals surface area contributed by atoms with Crippen molar-refractivity contribution in [3.05, 3.63) is 35.9 Å². The van der Waals surface area contributed by atoms with Crippen molar-refractivity contribution in [1.29, 1.82) is 5.26 Å². The number of nitrogens with zero attached hydrogens (tertiary/aromatic N) is 1. The molecule has 0 aliphatic heterocycles. The first-order valence-corrected chi connectivity index (χ1v) is 6.95. The molecular formula is C16H24N2. The fourth-order valence-corrected chi connectivity index (χ4v) is 2.04. The quantitative estimate of drug-likeness (QED) is 0.700. The second-order valence-electron chi connectivity index (χ2n) is 4.90. The number of nitriles is 1. The molecule has 2 nitrogen and oxygen atoms in total. The van der Waals surface area contributed by atoms with Crippen molar-refractivity contribution in [3.8, 4) is 6.07 Å². The lowest BCUT2D eigenvalue weighted by atomic mass is 10.00. The molecule has 0 heterocycles. The van der Waals surface area contributed by atoms with Crippen LogP contribution >= 0.6 is 0 Å². The number of benzene rings is 1. The van der Waals surface area contributed by atoms with Crippen LogP contribution < -0.4 is 5.32 Å². The minimum absolute atomic E-state index is 0.0717. The number of rotatable bonds is 8. The van der Waals surface area contributed by atoms with Gasteiger partial charge in [0.05, 0.1) is 12.0 Å². The first-order valence-electron chi connectivity index (χ1n) is 6.95. The molecule has 1 N–H and O–H groups in total. The zero-order valence-electron chi connectivity index (χ0n) is 11.5. The maximum absolute atomic E-state index is 8.84. The molecule has 1 aromatic carbocycles. The van der Waals surface area contributed by atoms with Crippen LogP contribution in [0.2, 0.25) is 0 Å². The van der Waals surface area contributed by atoms with Crippen LogP contribution in [0, 0.1) is 17.2 Å². The summed E-state index contributed by atoms with van der Waals surface area (Å²) in [6.07, 6.45) is 4.91. The molecule has 0 amide bonds. The molecule has 1 aromatic rings. The van der Waals surface area contributed by atoms with Crippen molar-refractivity contribution in [2.75, 3.05) is 6.54 Å². The Labute approximate surface area is 111 Å². The summed E-state index contributed by atoms with van der Waals surface area (Å²) in [5.74, 6) is 0.0717. The molecule has 0 aliphatic carbocycles. The van der Waals surface area contributed by atoms with Crippen LogP contribution in [0.25, 0.3) is 0 Å². The van der Waals surface area contributed by atoms with Gasteiger partial charge in [0, 0.05) is 12.6 Å². The Kier molecular flexibility index (Phi) is 7.13. The van der Waals surface area contributed by atoms with E-state index in [0.717, 1.165) is 13.0 Å². The van der Waals surface area contributed by atoms with Gasteiger partial charge in [-0.25, -0.2) is 0 Å². The molecule has 2 unspecified atom stereocenters. The van der Waals surface area contributed by atoms with Crippen molar-refractivity contribution in [1.82, 2.24) is 5.32 Å². The van der Waals surface area contributed by atoms with E-state index in [2.05, 4.69) is 42.6 Å². The van der Waals surface area contributed by atoms with Gasteiger partial charge in [0.2, 0.25) is 0 Å². The molecular weight excluding hydrogens is 220 g/mol. The van der Waals surface area contributed by atoms with E-state index in [4.69, 9.17) is 5.26 Å². The minimum atomic E-state index is 0.0717. The molecule has 2 atom stereocenters. The number of hydrogen-bond acceptors (Lipinski definition) is 2. The maximum Gasteiger partial charge on any atom is 0.0666 e. The summed E-state index contributed by atoms with van der Waals surface area (Å²) < 4.78 is 0. The smallest absolute Gasteiger partial charge is 0.0666 e. The van der Waals surface area contributed by atoms with Crippen LogP contribution in [0.5, 0.6) is 0 Å². The molecule has 0 saturated carbocycles. The zero-order chi connectivity index (χ0) is 13.2. The van der Waals surface area contributed by atoms with Gasteiger partial charge in [-0.15, -0.1) is 0 Å². The van der Waals surface area contributed by atoms with Crippen molar-refractivity contribution in [2.24, 2.45) is 5.92 Å². The molecule has 0 aliphatic rings. The van der Waals surface area contributed by atoms with Gasteiger partial charge in [-0.2, -0.15) is 5.26 Å². The number of unbranched alkanes of at least 4 members (excludes halogenated alkanes) is 2. The summed E-state index contributed by atoms with van der Waals surface area (Å²) in [4.78, 5) is 0. The molecule has 98 valence electrons. The largest absolute Gasteiger partial charge is 0.309 e. The summed E-state index contributed by atoms with van der Waals surface area (Å²) in [5.41, 5.74) is 1.33. The highest BCUT2D eigenvalue weighted by Gasteiger charge is 2.11. The van der Waals surface area contributed by atoms with Gasteiger partial charge in [0.25, 0.3) is 0 Å². The lowest BCUT2D eigenvalue weighted by molar-refractivity contribution is 0.454. The van der Waals surface area contributed by atoms with Crippen molar-refractivity contribution < 1.29 is 0 Å². The second kappa shape index (κ2) is 8.72. The van der Waals surface area contributed by atoms with Crippen molar-refractivity contribution >= 4 is 0 Å². The Morgan fingerprint density at radius 2 is 1.94 bits per heavy atom. The Morgan fingerprint density at radius 3 is 2.56 bits per heavy atom. The second-order valence-corrected chi connectivity index (χ2v) is 4.90. The van der Waals surface area contributed by atoms with Gasteiger partial charge in [0.1, 0.15) is 0 Å². The van der Waals surface area contributed by atoms with Crippen LogP contribution in [-0.4, -0.2) is 6.54 Å². The highest BCUT2D eigenvalue weighted by molar-refractivity contribution is 5.18. The van der Waals surface area contributed by atoms with Gasteiger partial charge in [0.15, 0.2) is 0 Å². The lowest BCUT2D eigenvalue weighted by Gasteiger charge is -2.20. The summed E-state index contributed by atoms with van der Waals surface area (Å²) in [7, 11) is 0. The molecule has 18 heavy (non-hydrogen) atoms. The predicted molar refractivity (Wildman–Crippen MR) is 76.1 cm³/mol. The molecule has 0 spiro atoms. The number of nitrogens with one attached hydrogen (secondary N) is 1. The highest BCUT2D eigenvalue weighted by atomic mass is 14.9. The molecule has 0 radical (unpaired) electrons. The van der Waals surface area contributed by atoms with Gasteiger partial charge < -0.3 is 5.32 Å². The zero-order valence-corrected chi connectivity index (χ0v) is 11.5. The summed E-state index contributed by atoms with van der Waals surface area (Å²) >= 11 is 0. The average molecular weight is 244 g/mol. The molecule has 0 fully saturated rings. The lowest BCUT2D eigenvalue weighted by Crippen LogP contribution is -2.26. The number of hydrogen-bond donors (Lipinski definition) is 1. The van der Waals surface area contributed by atoms with Crippen molar-refractivity contribution in [3.63, 3.8) is 0 Å². The van der Waals surface area contributed by atoms with Crippen molar-refractivity contribution in [2.45, 2.75) is 45.6 Å². The minimum Gasteiger partial charge on any atom is -0.309 e. The monoisotopic (exact) mass is 244 g/mol. The Bertz CT molecular complexity index is 353. The van der Waals surface area contributed by atoms with E-state index in [1.807, 2.05) is 13.0 Å². The van der Waals surface area contributed by atoms with Crippen LogP contribution in [0.15, 0.2) is 30.3 Å². The highest BCUT2D eigenvalue weighted by Crippen LogP contribution is 2.19. The standard InChI is InChI=1S/C16H24N2/c1-3-4-6-11-16(18-13-14(2)12-17)15-9-7-5-8-10-15/h5,7-10,14,16,18H,3-4,6,11,13H2,1-2H3. The van der Waals surface area contributed by atoms with Gasteiger partial charge in [-0.1, -0.05) is 56.5 Å². The van der Waals surface area contributed by atoms with Crippen LogP contribution in [0.1, 0.15) is 51.1 Å². The van der Waals surface area contributed by atoms with E-state index >= 15 is 0 Å². The molecule has 2 heteroatoms. The SMILES string of the molecule is CCCCCC(NCC(C)C#N)c1ccccc1. The van der Waals surface area contributed by atoms with Crippen LogP contribution in [-0.2, 0) is 0 Å². The van der Waals surface area contributed by atoms with Crippen LogP contribution in [0.3, 0.4) is 0 Å². The molecule has 1 rings (SSSR count). The Morgan fingerprint density at radius 1 is 1.22 bits per heavy atom. The van der Waals surface area contributed by atoms with E-state index in [9.17, 15) is 0 Å². The molecule has 0 aromatic heterocycles. The van der Waals surface area contributed by atoms with E-state index in [1.165, 1.54) is 24.8 Å². The third-order valence-corrected chi connectivity index (χ3v) is 3.19. The Balaban J connectivity index is 2.55.